The molecular formula is C18H27FIN5O. The van der Waals surface area contributed by atoms with E-state index >= 15 is 0 Å². The molecule has 6 nitrogen and oxygen atoms in total. The standard InChI is InChI=1S/C18H26FN5O.HI/c1-3-21-18(22-9-4-11-24-12-10-20-14-24)23-13-15(2)25-17-7-5-16(19)6-8-17;/h5-8,10,12,14-15H,3-4,9,11,13H2,1-2H3,(H2,21,22,23);1H. The fourth-order valence-electron chi connectivity index (χ4n) is 2.23. The minimum atomic E-state index is -0.271. The second-order valence-electron chi connectivity index (χ2n) is 5.68. The Bertz CT molecular complexity index is 634. The molecule has 2 N–H and O–H groups in total. The number of guanidine groups is 1. The highest BCUT2D eigenvalue weighted by Crippen LogP contribution is 2.12. The van der Waals surface area contributed by atoms with Crippen LogP contribution < -0.4 is 15.4 Å². The molecule has 0 aliphatic carbocycles. The maximum Gasteiger partial charge on any atom is 0.191 e. The summed E-state index contributed by atoms with van der Waals surface area (Å²) in [6.07, 6.45) is 6.41. The number of ether oxygens (including phenoxy) is 1. The number of aryl methyl sites for hydroxylation is 1. The third-order valence-corrected chi connectivity index (χ3v) is 3.45. The van der Waals surface area contributed by atoms with Crippen LogP contribution in [0.25, 0.3) is 0 Å². The molecule has 2 aromatic rings. The fraction of sp³-hybridized carbons (Fsp3) is 0.444. The van der Waals surface area contributed by atoms with E-state index in [1.165, 1.54) is 12.1 Å². The lowest BCUT2D eigenvalue weighted by molar-refractivity contribution is 0.230. The van der Waals surface area contributed by atoms with Gasteiger partial charge in [-0.05, 0) is 44.5 Å². The van der Waals surface area contributed by atoms with Gasteiger partial charge in [-0.2, -0.15) is 0 Å². The number of rotatable bonds is 9. The maximum absolute atomic E-state index is 12.9. The normalized spacial score (nSPS) is 12.2. The third kappa shape index (κ3) is 8.50. The van der Waals surface area contributed by atoms with E-state index in [1.807, 2.05) is 30.9 Å². The van der Waals surface area contributed by atoms with Crippen LogP contribution in [0.5, 0.6) is 5.75 Å². The SMILES string of the molecule is CCNC(=NCC(C)Oc1ccc(F)cc1)NCCCn1ccnc1.I. The van der Waals surface area contributed by atoms with E-state index in [9.17, 15) is 4.39 Å². The van der Waals surface area contributed by atoms with Crippen LogP contribution in [0.3, 0.4) is 0 Å². The van der Waals surface area contributed by atoms with Crippen molar-refractivity contribution in [2.24, 2.45) is 4.99 Å². The second kappa shape index (κ2) is 12.5. The Morgan fingerprint density at radius 3 is 2.73 bits per heavy atom. The quantitative estimate of drug-likeness (QED) is 0.253. The summed E-state index contributed by atoms with van der Waals surface area (Å²) in [6.45, 7) is 7.00. The average Bonchev–Trinajstić information content (AvgIpc) is 3.12. The highest BCUT2D eigenvalue weighted by molar-refractivity contribution is 14.0. The summed E-state index contributed by atoms with van der Waals surface area (Å²) in [5, 5.41) is 6.53. The number of hydrogen-bond donors (Lipinski definition) is 2. The first kappa shape index (κ1) is 22.2. The molecule has 26 heavy (non-hydrogen) atoms. The summed E-state index contributed by atoms with van der Waals surface area (Å²) in [5.74, 6) is 1.14. The van der Waals surface area contributed by atoms with Crippen LogP contribution in [-0.2, 0) is 6.54 Å². The molecule has 1 heterocycles. The summed E-state index contributed by atoms with van der Waals surface area (Å²) in [5.41, 5.74) is 0. The zero-order chi connectivity index (χ0) is 17.9. The van der Waals surface area contributed by atoms with Crippen LogP contribution in [0.4, 0.5) is 4.39 Å². The van der Waals surface area contributed by atoms with E-state index in [0.29, 0.717) is 12.3 Å². The van der Waals surface area contributed by atoms with Crippen LogP contribution in [0.2, 0.25) is 0 Å². The molecule has 2 rings (SSSR count). The van der Waals surface area contributed by atoms with Gasteiger partial charge < -0.3 is 19.9 Å². The number of benzene rings is 1. The summed E-state index contributed by atoms with van der Waals surface area (Å²) in [4.78, 5) is 8.56. The van der Waals surface area contributed by atoms with E-state index in [0.717, 1.165) is 32.0 Å². The summed E-state index contributed by atoms with van der Waals surface area (Å²) >= 11 is 0. The largest absolute Gasteiger partial charge is 0.489 e. The molecule has 1 aromatic heterocycles. The molecule has 0 fully saturated rings. The average molecular weight is 475 g/mol. The van der Waals surface area contributed by atoms with Crippen molar-refractivity contribution in [3.05, 3.63) is 48.8 Å². The van der Waals surface area contributed by atoms with E-state index in [1.54, 1.807) is 18.3 Å². The van der Waals surface area contributed by atoms with Crippen LogP contribution >= 0.6 is 24.0 Å². The van der Waals surface area contributed by atoms with E-state index in [4.69, 9.17) is 4.74 Å². The van der Waals surface area contributed by atoms with Crippen LogP contribution in [0.15, 0.2) is 48.0 Å². The predicted octanol–water partition coefficient (Wildman–Crippen LogP) is 3.05. The zero-order valence-electron chi connectivity index (χ0n) is 15.2. The van der Waals surface area contributed by atoms with Crippen molar-refractivity contribution < 1.29 is 9.13 Å². The molecule has 0 spiro atoms. The molecule has 0 saturated carbocycles. The molecule has 0 amide bonds. The minimum absolute atomic E-state index is 0. The Morgan fingerprint density at radius 2 is 2.08 bits per heavy atom. The molecular weight excluding hydrogens is 448 g/mol. The Kier molecular flexibility index (Phi) is 10.7. The van der Waals surface area contributed by atoms with Gasteiger partial charge in [0, 0.05) is 32.0 Å². The lowest BCUT2D eigenvalue weighted by Gasteiger charge is -2.15. The lowest BCUT2D eigenvalue weighted by atomic mass is 10.3. The second-order valence-corrected chi connectivity index (χ2v) is 5.68. The van der Waals surface area contributed by atoms with E-state index < -0.39 is 0 Å². The lowest BCUT2D eigenvalue weighted by Crippen LogP contribution is -2.38. The highest BCUT2D eigenvalue weighted by Gasteiger charge is 2.05. The monoisotopic (exact) mass is 475 g/mol. The molecule has 1 atom stereocenters. The van der Waals surface area contributed by atoms with Gasteiger partial charge in [-0.3, -0.25) is 0 Å². The van der Waals surface area contributed by atoms with Crippen molar-refractivity contribution in [3.63, 3.8) is 0 Å². The fourth-order valence-corrected chi connectivity index (χ4v) is 2.23. The number of aromatic nitrogens is 2. The number of aliphatic imine (C=N–C) groups is 1. The van der Waals surface area contributed by atoms with Gasteiger partial charge in [-0.25, -0.2) is 14.4 Å². The summed E-state index contributed by atoms with van der Waals surface area (Å²) in [6, 6.07) is 6.01. The minimum Gasteiger partial charge on any atom is -0.489 e. The van der Waals surface area contributed by atoms with Crippen LogP contribution in [0.1, 0.15) is 20.3 Å². The number of halogens is 2. The molecule has 1 unspecified atom stereocenters. The van der Waals surface area contributed by atoms with E-state index in [-0.39, 0.29) is 35.9 Å². The van der Waals surface area contributed by atoms with Gasteiger partial charge in [-0.15, -0.1) is 24.0 Å². The molecule has 0 radical (unpaired) electrons. The Balaban J connectivity index is 0.00000338. The Morgan fingerprint density at radius 1 is 1.31 bits per heavy atom. The van der Waals surface area contributed by atoms with Crippen molar-refractivity contribution >= 4 is 29.9 Å². The van der Waals surface area contributed by atoms with Gasteiger partial charge in [0.2, 0.25) is 0 Å². The molecule has 144 valence electrons. The van der Waals surface area contributed by atoms with Gasteiger partial charge in [-0.1, -0.05) is 0 Å². The molecule has 0 aliphatic heterocycles. The highest BCUT2D eigenvalue weighted by atomic mass is 127. The van der Waals surface area contributed by atoms with Gasteiger partial charge in [0.25, 0.3) is 0 Å². The molecule has 8 heteroatoms. The molecule has 0 saturated heterocycles. The van der Waals surface area contributed by atoms with Crippen molar-refractivity contribution in [2.45, 2.75) is 32.9 Å². The maximum atomic E-state index is 12.9. The van der Waals surface area contributed by atoms with Crippen LogP contribution in [0, 0.1) is 5.82 Å². The van der Waals surface area contributed by atoms with E-state index in [2.05, 4.69) is 20.6 Å². The van der Waals surface area contributed by atoms with Crippen molar-refractivity contribution in [3.8, 4) is 5.75 Å². The van der Waals surface area contributed by atoms with Gasteiger partial charge in [0.1, 0.15) is 17.7 Å². The molecule has 0 aliphatic rings. The molecule has 1 aromatic carbocycles. The Hall–Kier alpha value is -1.84. The topological polar surface area (TPSA) is 63.5 Å². The summed E-state index contributed by atoms with van der Waals surface area (Å²) in [7, 11) is 0. The first-order valence-electron chi connectivity index (χ1n) is 8.57. The Labute approximate surface area is 171 Å². The van der Waals surface area contributed by atoms with Crippen molar-refractivity contribution in [1.82, 2.24) is 20.2 Å². The number of hydrogen-bond acceptors (Lipinski definition) is 3. The predicted molar refractivity (Wildman–Crippen MR) is 113 cm³/mol. The van der Waals surface area contributed by atoms with Crippen LogP contribution in [-0.4, -0.2) is 41.2 Å². The zero-order valence-corrected chi connectivity index (χ0v) is 17.5. The number of imidazole rings is 1. The number of nitrogens with one attached hydrogen (secondary N) is 2. The molecule has 0 bridgehead atoms. The first-order chi connectivity index (χ1) is 12.2. The summed E-state index contributed by atoms with van der Waals surface area (Å²) < 4.78 is 20.7. The smallest absolute Gasteiger partial charge is 0.191 e. The number of nitrogens with zero attached hydrogens (tertiary/aromatic N) is 3. The van der Waals surface area contributed by atoms with Gasteiger partial charge >= 0.3 is 0 Å². The van der Waals surface area contributed by atoms with Gasteiger partial charge in [0.05, 0.1) is 12.9 Å². The van der Waals surface area contributed by atoms with Crippen molar-refractivity contribution in [1.29, 1.82) is 0 Å². The van der Waals surface area contributed by atoms with Crippen molar-refractivity contribution in [2.75, 3.05) is 19.6 Å². The third-order valence-electron chi connectivity index (χ3n) is 3.45. The van der Waals surface area contributed by atoms with Gasteiger partial charge in [0.15, 0.2) is 5.96 Å². The first-order valence-corrected chi connectivity index (χ1v) is 8.57.